The minimum atomic E-state index is 0.166. The van der Waals surface area contributed by atoms with E-state index in [2.05, 4.69) is 39.1 Å². The third-order valence-electron chi connectivity index (χ3n) is 4.49. The Morgan fingerprint density at radius 2 is 2.32 bits per heavy atom. The van der Waals surface area contributed by atoms with E-state index in [1.807, 2.05) is 17.7 Å². The summed E-state index contributed by atoms with van der Waals surface area (Å²) in [6, 6.07) is 4.89. The standard InChI is InChI=1S/C16H20N4OS/c1-10-2-5-14(22-10)12-8-13(12)16(21)17-7-6-15-19-18-9-20(15)11-3-4-11/h2,5,9,11-13H,3-4,6-8H2,1H3,(H,17,21)/t12-,13-/m1/s1. The monoisotopic (exact) mass is 316 g/mol. The van der Waals surface area contributed by atoms with Crippen molar-refractivity contribution in [3.8, 4) is 0 Å². The highest BCUT2D eigenvalue weighted by atomic mass is 32.1. The average Bonchev–Trinajstić information content (AvgIpc) is 3.42. The van der Waals surface area contributed by atoms with Crippen LogP contribution in [0.2, 0.25) is 0 Å². The first-order chi connectivity index (χ1) is 10.7. The fourth-order valence-corrected chi connectivity index (χ4v) is 4.04. The minimum absolute atomic E-state index is 0.166. The van der Waals surface area contributed by atoms with E-state index in [9.17, 15) is 4.79 Å². The third-order valence-corrected chi connectivity index (χ3v) is 5.62. The molecule has 5 nitrogen and oxygen atoms in total. The molecule has 2 atom stereocenters. The maximum atomic E-state index is 12.2. The van der Waals surface area contributed by atoms with Gasteiger partial charge in [0.15, 0.2) is 0 Å². The van der Waals surface area contributed by atoms with Gasteiger partial charge in [-0.05, 0) is 38.3 Å². The first kappa shape index (κ1) is 13.9. The van der Waals surface area contributed by atoms with Crippen molar-refractivity contribution in [3.05, 3.63) is 34.0 Å². The fraction of sp³-hybridized carbons (Fsp3) is 0.562. The van der Waals surface area contributed by atoms with Crippen LogP contribution in [0.3, 0.4) is 0 Å². The van der Waals surface area contributed by atoms with Gasteiger partial charge in [0.05, 0.1) is 0 Å². The zero-order valence-electron chi connectivity index (χ0n) is 12.7. The van der Waals surface area contributed by atoms with Gasteiger partial charge in [-0.25, -0.2) is 0 Å². The quantitative estimate of drug-likeness (QED) is 0.890. The van der Waals surface area contributed by atoms with Crippen LogP contribution in [-0.4, -0.2) is 27.2 Å². The van der Waals surface area contributed by atoms with Gasteiger partial charge in [-0.2, -0.15) is 0 Å². The highest BCUT2D eigenvalue weighted by Crippen LogP contribution is 2.49. The van der Waals surface area contributed by atoms with E-state index in [0.717, 1.165) is 18.7 Å². The molecule has 1 N–H and O–H groups in total. The molecule has 2 heterocycles. The molecule has 0 aliphatic heterocycles. The summed E-state index contributed by atoms with van der Waals surface area (Å²) < 4.78 is 2.15. The molecule has 0 saturated heterocycles. The maximum Gasteiger partial charge on any atom is 0.223 e. The first-order valence-corrected chi connectivity index (χ1v) is 8.76. The molecule has 2 fully saturated rings. The molecule has 0 bridgehead atoms. The van der Waals surface area contributed by atoms with Crippen LogP contribution in [0.1, 0.15) is 46.8 Å². The molecule has 2 aromatic rings. The fourth-order valence-electron chi connectivity index (χ4n) is 2.98. The van der Waals surface area contributed by atoms with E-state index in [4.69, 9.17) is 0 Å². The summed E-state index contributed by atoms with van der Waals surface area (Å²) in [5, 5.41) is 11.2. The number of nitrogens with zero attached hydrogens (tertiary/aromatic N) is 3. The summed E-state index contributed by atoms with van der Waals surface area (Å²) in [7, 11) is 0. The molecule has 4 rings (SSSR count). The maximum absolute atomic E-state index is 12.2. The van der Waals surface area contributed by atoms with Gasteiger partial charge in [-0.3, -0.25) is 4.79 Å². The Morgan fingerprint density at radius 1 is 1.45 bits per heavy atom. The Labute approximate surface area is 133 Å². The second-order valence-electron chi connectivity index (χ2n) is 6.32. The van der Waals surface area contributed by atoms with Crippen molar-refractivity contribution in [3.63, 3.8) is 0 Å². The number of carbonyl (C=O) groups is 1. The molecule has 2 saturated carbocycles. The van der Waals surface area contributed by atoms with Gasteiger partial charge >= 0.3 is 0 Å². The number of aromatic nitrogens is 3. The van der Waals surface area contributed by atoms with Crippen molar-refractivity contribution >= 4 is 17.2 Å². The van der Waals surface area contributed by atoms with E-state index in [1.165, 1.54) is 22.6 Å². The van der Waals surface area contributed by atoms with Crippen LogP contribution < -0.4 is 5.32 Å². The highest BCUT2D eigenvalue weighted by Gasteiger charge is 2.44. The van der Waals surface area contributed by atoms with Crippen molar-refractivity contribution in [2.75, 3.05) is 6.54 Å². The Kier molecular flexibility index (Phi) is 3.48. The lowest BCUT2D eigenvalue weighted by molar-refractivity contribution is -0.122. The number of rotatable bonds is 6. The molecule has 22 heavy (non-hydrogen) atoms. The van der Waals surface area contributed by atoms with Crippen LogP contribution in [0.25, 0.3) is 0 Å². The lowest BCUT2D eigenvalue weighted by atomic mass is 10.2. The lowest BCUT2D eigenvalue weighted by Gasteiger charge is -2.06. The smallest absolute Gasteiger partial charge is 0.223 e. The Bertz CT molecular complexity index is 688. The molecule has 2 aliphatic carbocycles. The largest absolute Gasteiger partial charge is 0.355 e. The molecule has 6 heteroatoms. The topological polar surface area (TPSA) is 59.8 Å². The summed E-state index contributed by atoms with van der Waals surface area (Å²) in [6.07, 6.45) is 6.01. The number of nitrogens with one attached hydrogen (secondary N) is 1. The molecule has 2 aromatic heterocycles. The summed E-state index contributed by atoms with van der Waals surface area (Å²) in [6.45, 7) is 2.76. The number of amides is 1. The van der Waals surface area contributed by atoms with Crippen molar-refractivity contribution < 1.29 is 4.79 Å². The van der Waals surface area contributed by atoms with Gasteiger partial charge < -0.3 is 9.88 Å². The van der Waals surface area contributed by atoms with E-state index >= 15 is 0 Å². The van der Waals surface area contributed by atoms with Crippen molar-refractivity contribution in [2.45, 2.75) is 44.6 Å². The Hall–Kier alpha value is -1.69. The summed E-state index contributed by atoms with van der Waals surface area (Å²) in [4.78, 5) is 14.9. The normalized spacial score (nSPS) is 23.5. The third kappa shape index (κ3) is 2.79. The summed E-state index contributed by atoms with van der Waals surface area (Å²) in [5.41, 5.74) is 0. The van der Waals surface area contributed by atoms with Crippen molar-refractivity contribution in [2.24, 2.45) is 5.92 Å². The second-order valence-corrected chi connectivity index (χ2v) is 7.64. The van der Waals surface area contributed by atoms with Crippen LogP contribution in [0.15, 0.2) is 18.5 Å². The molecular weight excluding hydrogens is 296 g/mol. The zero-order valence-corrected chi connectivity index (χ0v) is 13.5. The molecular formula is C16H20N4OS. The number of hydrogen-bond acceptors (Lipinski definition) is 4. The van der Waals surface area contributed by atoms with Crippen LogP contribution >= 0.6 is 11.3 Å². The highest BCUT2D eigenvalue weighted by molar-refractivity contribution is 7.12. The average molecular weight is 316 g/mol. The van der Waals surface area contributed by atoms with Crippen LogP contribution in [0.5, 0.6) is 0 Å². The first-order valence-electron chi connectivity index (χ1n) is 7.95. The van der Waals surface area contributed by atoms with E-state index in [0.29, 0.717) is 18.5 Å². The van der Waals surface area contributed by atoms with Crippen molar-refractivity contribution in [1.29, 1.82) is 0 Å². The van der Waals surface area contributed by atoms with Crippen LogP contribution in [-0.2, 0) is 11.2 Å². The molecule has 116 valence electrons. The Morgan fingerprint density at radius 3 is 3.05 bits per heavy atom. The summed E-state index contributed by atoms with van der Waals surface area (Å²) >= 11 is 1.81. The minimum Gasteiger partial charge on any atom is -0.355 e. The van der Waals surface area contributed by atoms with Gasteiger partial charge in [0.2, 0.25) is 5.91 Å². The summed E-state index contributed by atoms with van der Waals surface area (Å²) in [5.74, 6) is 1.78. The SMILES string of the molecule is Cc1ccc([C@@H]2C[C@H]2C(=O)NCCc2nncn2C2CC2)s1. The zero-order chi connectivity index (χ0) is 15.1. The van der Waals surface area contributed by atoms with Gasteiger partial charge in [0, 0.05) is 40.6 Å². The van der Waals surface area contributed by atoms with Gasteiger partial charge in [0.1, 0.15) is 12.2 Å². The number of hydrogen-bond donors (Lipinski definition) is 1. The van der Waals surface area contributed by atoms with E-state index < -0.39 is 0 Å². The number of thiophene rings is 1. The Balaban J connectivity index is 1.26. The van der Waals surface area contributed by atoms with Crippen LogP contribution in [0, 0.1) is 12.8 Å². The van der Waals surface area contributed by atoms with E-state index in [-0.39, 0.29) is 11.8 Å². The molecule has 0 unspecified atom stereocenters. The number of carbonyl (C=O) groups excluding carboxylic acids is 1. The predicted molar refractivity (Wildman–Crippen MR) is 84.9 cm³/mol. The molecule has 0 radical (unpaired) electrons. The van der Waals surface area contributed by atoms with Gasteiger partial charge in [0.25, 0.3) is 0 Å². The van der Waals surface area contributed by atoms with Gasteiger partial charge in [-0.15, -0.1) is 21.5 Å². The van der Waals surface area contributed by atoms with Crippen molar-refractivity contribution in [1.82, 2.24) is 20.1 Å². The number of aryl methyl sites for hydroxylation is 1. The predicted octanol–water partition coefficient (Wildman–Crippen LogP) is 2.45. The van der Waals surface area contributed by atoms with Crippen LogP contribution in [0.4, 0.5) is 0 Å². The molecule has 2 aliphatic rings. The molecule has 0 aromatic carbocycles. The second kappa shape index (κ2) is 5.50. The van der Waals surface area contributed by atoms with Gasteiger partial charge in [-0.1, -0.05) is 0 Å². The molecule has 1 amide bonds. The molecule has 0 spiro atoms. The van der Waals surface area contributed by atoms with E-state index in [1.54, 1.807) is 0 Å². The lowest BCUT2D eigenvalue weighted by Crippen LogP contribution is -2.28.